The molecule has 5 unspecified atom stereocenters. The molecule has 3 aromatic rings. The van der Waals surface area contributed by atoms with E-state index in [1.807, 2.05) is 0 Å². The topological polar surface area (TPSA) is 0 Å². The van der Waals surface area contributed by atoms with Gasteiger partial charge in [0, 0.05) is 5.66 Å². The van der Waals surface area contributed by atoms with Crippen LogP contribution in [0.4, 0.5) is 0 Å². The molecule has 2 heteroatoms. The van der Waals surface area contributed by atoms with Crippen molar-refractivity contribution in [2.75, 3.05) is 0 Å². The van der Waals surface area contributed by atoms with Crippen molar-refractivity contribution in [2.24, 2.45) is 5.92 Å². The van der Waals surface area contributed by atoms with Crippen molar-refractivity contribution in [2.45, 2.75) is 37.7 Å². The van der Waals surface area contributed by atoms with Crippen LogP contribution in [0.3, 0.4) is 0 Å². The largest absolute Gasteiger partial charge is 0.0808 e. The second kappa shape index (κ2) is 10.5. The van der Waals surface area contributed by atoms with Crippen LogP contribution in [0.15, 0.2) is 115 Å². The van der Waals surface area contributed by atoms with Gasteiger partial charge in [-0.3, -0.25) is 0 Å². The highest BCUT2D eigenvalue weighted by atomic mass is 31.1. The minimum Gasteiger partial charge on any atom is -0.0808 e. The van der Waals surface area contributed by atoms with E-state index in [1.165, 1.54) is 15.9 Å². The minimum absolute atomic E-state index is 0.349. The minimum atomic E-state index is -0.436. The summed E-state index contributed by atoms with van der Waals surface area (Å²) in [5.41, 5.74) is 1.77. The molecule has 0 nitrogen and oxygen atoms in total. The Bertz CT molecular complexity index is 955. The highest BCUT2D eigenvalue weighted by molar-refractivity contribution is 7.75. The van der Waals surface area contributed by atoms with E-state index < -0.39 is 7.92 Å². The van der Waals surface area contributed by atoms with Gasteiger partial charge in [0.05, 0.1) is 0 Å². The van der Waals surface area contributed by atoms with E-state index in [-0.39, 0.29) is 7.92 Å². The molecule has 1 aliphatic carbocycles. The van der Waals surface area contributed by atoms with Gasteiger partial charge >= 0.3 is 0 Å². The fourth-order valence-electron chi connectivity index (χ4n) is 4.58. The number of rotatable bonds is 7. The second-order valence-electron chi connectivity index (χ2n) is 8.38. The summed E-state index contributed by atoms with van der Waals surface area (Å²) in [6.45, 7) is 7.41. The predicted octanol–water partition coefficient (Wildman–Crippen LogP) is 6.83. The highest BCUT2D eigenvalue weighted by Crippen LogP contribution is 2.56. The van der Waals surface area contributed by atoms with Crippen molar-refractivity contribution in [1.29, 1.82) is 0 Å². The Labute approximate surface area is 190 Å². The van der Waals surface area contributed by atoms with Gasteiger partial charge in [0.2, 0.25) is 0 Å². The summed E-state index contributed by atoms with van der Waals surface area (Å²) in [6.07, 6.45) is 9.34. The molecule has 3 aromatic carbocycles. The third-order valence-corrected chi connectivity index (χ3v) is 13.1. The molecule has 0 saturated heterocycles. The van der Waals surface area contributed by atoms with E-state index in [4.69, 9.17) is 0 Å². The molecule has 0 heterocycles. The maximum absolute atomic E-state index is 2.52. The van der Waals surface area contributed by atoms with Gasteiger partial charge in [-0.2, -0.15) is 0 Å². The van der Waals surface area contributed by atoms with Crippen LogP contribution >= 0.6 is 15.8 Å². The molecule has 0 saturated carbocycles. The molecule has 158 valence electrons. The van der Waals surface area contributed by atoms with Crippen LogP contribution in [0.5, 0.6) is 0 Å². The van der Waals surface area contributed by atoms with Gasteiger partial charge < -0.3 is 0 Å². The second-order valence-corrected chi connectivity index (χ2v) is 13.7. The van der Waals surface area contributed by atoms with Gasteiger partial charge in [0.1, 0.15) is 0 Å². The van der Waals surface area contributed by atoms with Crippen LogP contribution in [-0.2, 0) is 0 Å². The molecular formula is C29H32P2. The number of hydrogen-bond donors (Lipinski definition) is 0. The molecule has 4 rings (SSSR count). The Balaban J connectivity index is 1.75. The Morgan fingerprint density at radius 2 is 1.03 bits per heavy atom. The maximum atomic E-state index is 2.52. The first-order chi connectivity index (χ1) is 15.2. The third-order valence-electron chi connectivity index (χ3n) is 6.36. The summed E-state index contributed by atoms with van der Waals surface area (Å²) in [5.74, 6) is 0.575. The van der Waals surface area contributed by atoms with Gasteiger partial charge in [-0.15, -0.1) is 0 Å². The van der Waals surface area contributed by atoms with Crippen molar-refractivity contribution in [3.63, 3.8) is 0 Å². The van der Waals surface area contributed by atoms with E-state index in [9.17, 15) is 0 Å². The standard InChI is InChI=1S/C29H32P2/c1-23-15-13-14-22-29(23)31(28-20-11-6-12-21-28)25(3)24(2)30(26-16-7-4-8-17-26)27-18-9-5-10-19-27/h4-25,29H,1-3H3. The van der Waals surface area contributed by atoms with E-state index in [0.717, 1.165) is 0 Å². The molecule has 0 fully saturated rings. The highest BCUT2D eigenvalue weighted by Gasteiger charge is 2.36. The normalized spacial score (nSPS) is 21.0. The average molecular weight is 443 g/mol. The van der Waals surface area contributed by atoms with Gasteiger partial charge in [0.25, 0.3) is 0 Å². The number of allylic oxidation sites excluding steroid dienone is 4. The van der Waals surface area contributed by atoms with Crippen molar-refractivity contribution >= 4 is 31.8 Å². The zero-order valence-electron chi connectivity index (χ0n) is 18.7. The molecule has 1 aliphatic rings. The lowest BCUT2D eigenvalue weighted by Crippen LogP contribution is -2.33. The fraction of sp³-hybridized carbons (Fsp3) is 0.241. The maximum Gasteiger partial charge on any atom is 0.00765 e. The van der Waals surface area contributed by atoms with Crippen molar-refractivity contribution in [3.05, 3.63) is 115 Å². The molecule has 0 spiro atoms. The van der Waals surface area contributed by atoms with Gasteiger partial charge in [-0.25, -0.2) is 0 Å². The van der Waals surface area contributed by atoms with Crippen molar-refractivity contribution in [3.8, 4) is 0 Å². The van der Waals surface area contributed by atoms with Crippen molar-refractivity contribution < 1.29 is 0 Å². The van der Waals surface area contributed by atoms with Crippen LogP contribution in [0, 0.1) is 5.92 Å². The molecule has 0 aromatic heterocycles. The number of hydrogen-bond acceptors (Lipinski definition) is 0. The molecule has 0 radical (unpaired) electrons. The molecule has 0 N–H and O–H groups in total. The van der Waals surface area contributed by atoms with Crippen LogP contribution in [0.2, 0.25) is 0 Å². The van der Waals surface area contributed by atoms with Crippen LogP contribution in [0.25, 0.3) is 0 Å². The predicted molar refractivity (Wildman–Crippen MR) is 142 cm³/mol. The van der Waals surface area contributed by atoms with E-state index in [0.29, 0.717) is 22.9 Å². The van der Waals surface area contributed by atoms with Gasteiger partial charge in [0.15, 0.2) is 0 Å². The lowest BCUT2D eigenvalue weighted by molar-refractivity contribution is 0.735. The summed E-state index contributed by atoms with van der Waals surface area (Å²) >= 11 is 0. The first kappa shape index (κ1) is 22.2. The van der Waals surface area contributed by atoms with Crippen LogP contribution in [0.1, 0.15) is 20.8 Å². The van der Waals surface area contributed by atoms with Crippen molar-refractivity contribution in [1.82, 2.24) is 0 Å². The summed E-state index contributed by atoms with van der Waals surface area (Å²) in [7, 11) is -0.784. The monoisotopic (exact) mass is 442 g/mol. The first-order valence-corrected chi connectivity index (χ1v) is 14.1. The fourth-order valence-corrected chi connectivity index (χ4v) is 11.3. The van der Waals surface area contributed by atoms with E-state index in [1.54, 1.807) is 0 Å². The third kappa shape index (κ3) is 5.09. The zero-order chi connectivity index (χ0) is 21.6. The molecule has 0 amide bonds. The number of benzene rings is 3. The quantitative estimate of drug-likeness (QED) is 0.352. The summed E-state index contributed by atoms with van der Waals surface area (Å²) in [6, 6.07) is 33.7. The Kier molecular flexibility index (Phi) is 7.55. The molecule has 0 aliphatic heterocycles. The summed E-state index contributed by atoms with van der Waals surface area (Å²) < 4.78 is 0. The molecule has 0 bridgehead atoms. The summed E-state index contributed by atoms with van der Waals surface area (Å²) in [4.78, 5) is 0. The van der Waals surface area contributed by atoms with E-state index >= 15 is 0 Å². The zero-order valence-corrected chi connectivity index (χ0v) is 20.5. The smallest absolute Gasteiger partial charge is 0.00765 e. The van der Waals surface area contributed by atoms with Gasteiger partial charge in [-0.1, -0.05) is 144 Å². The molecular weight excluding hydrogens is 410 g/mol. The Hall–Kier alpha value is -2.00. The summed E-state index contributed by atoms with van der Waals surface area (Å²) in [5, 5.41) is 4.50. The lowest BCUT2D eigenvalue weighted by atomic mass is 10.0. The van der Waals surface area contributed by atoms with Gasteiger partial charge in [-0.05, 0) is 41.1 Å². The lowest BCUT2D eigenvalue weighted by Gasteiger charge is -2.40. The first-order valence-electron chi connectivity index (χ1n) is 11.2. The Morgan fingerprint density at radius 3 is 1.52 bits per heavy atom. The Morgan fingerprint density at radius 1 is 0.581 bits per heavy atom. The molecule has 31 heavy (non-hydrogen) atoms. The molecule has 5 atom stereocenters. The van der Waals surface area contributed by atoms with E-state index in [2.05, 4.69) is 136 Å². The van der Waals surface area contributed by atoms with Crippen LogP contribution < -0.4 is 15.9 Å². The SMILES string of the molecule is CC1C=CC=CC1P(c1ccccc1)C(C)C(C)P(c1ccccc1)c1ccccc1. The van der Waals surface area contributed by atoms with Crippen LogP contribution in [-0.4, -0.2) is 17.0 Å². The average Bonchev–Trinajstić information content (AvgIpc) is 2.82.